The van der Waals surface area contributed by atoms with Crippen molar-refractivity contribution in [3.8, 4) is 0 Å². The summed E-state index contributed by atoms with van der Waals surface area (Å²) < 4.78 is 7.32. The largest absolute Gasteiger partial charge is 0.464 e. The average molecular weight is 327 g/mol. The third kappa shape index (κ3) is 3.33. The van der Waals surface area contributed by atoms with Crippen LogP contribution in [0.5, 0.6) is 0 Å². The molecule has 3 aromatic rings. The van der Waals surface area contributed by atoms with Gasteiger partial charge in [0.2, 0.25) is 5.91 Å². The summed E-state index contributed by atoms with van der Waals surface area (Å²) >= 11 is 0. The normalized spacial score (nSPS) is 11.1. The van der Waals surface area contributed by atoms with Crippen molar-refractivity contribution in [1.29, 1.82) is 0 Å². The summed E-state index contributed by atoms with van der Waals surface area (Å²) in [7, 11) is 1.87. The van der Waals surface area contributed by atoms with Crippen molar-refractivity contribution in [3.05, 3.63) is 53.6 Å². The van der Waals surface area contributed by atoms with Crippen LogP contribution < -0.4 is 0 Å². The Labute approximate surface area is 140 Å². The lowest BCUT2D eigenvalue weighted by atomic mass is 10.1. The van der Waals surface area contributed by atoms with Crippen molar-refractivity contribution in [3.63, 3.8) is 0 Å². The number of amides is 1. The van der Waals surface area contributed by atoms with Gasteiger partial charge in [-0.2, -0.15) is 5.10 Å². The fourth-order valence-electron chi connectivity index (χ4n) is 2.85. The molecule has 2 heterocycles. The monoisotopic (exact) mass is 327 g/mol. The number of para-hydroxylation sites is 1. The highest BCUT2D eigenvalue weighted by atomic mass is 16.3. The summed E-state index contributed by atoms with van der Waals surface area (Å²) in [4.78, 5) is 14.3. The number of furan rings is 1. The first-order chi connectivity index (χ1) is 11.6. The molecule has 0 aliphatic heterocycles. The second kappa shape index (κ2) is 6.88. The number of hydrogen-bond donors (Lipinski definition) is 1. The lowest BCUT2D eigenvalue weighted by Gasteiger charge is -2.20. The molecule has 2 aromatic heterocycles. The number of benzene rings is 1. The van der Waals surface area contributed by atoms with Crippen molar-refractivity contribution in [2.45, 2.75) is 19.9 Å². The van der Waals surface area contributed by atoms with Gasteiger partial charge in [0, 0.05) is 19.0 Å². The minimum absolute atomic E-state index is 0.0815. The molecular formula is C18H21N3O3. The molecule has 0 saturated carbocycles. The Morgan fingerprint density at radius 1 is 1.29 bits per heavy atom. The Morgan fingerprint density at radius 3 is 2.79 bits per heavy atom. The van der Waals surface area contributed by atoms with Crippen molar-refractivity contribution < 1.29 is 14.3 Å². The van der Waals surface area contributed by atoms with E-state index in [0.717, 1.165) is 22.4 Å². The number of nitrogens with zero attached hydrogens (tertiary/aromatic N) is 3. The number of fused-ring (bicyclic) bond motifs is 1. The molecule has 1 N–H and O–H groups in total. The molecule has 0 unspecified atom stereocenters. The topological polar surface area (TPSA) is 71.5 Å². The van der Waals surface area contributed by atoms with Gasteiger partial charge in [0.05, 0.1) is 30.8 Å². The van der Waals surface area contributed by atoms with Gasteiger partial charge in [0.1, 0.15) is 11.5 Å². The van der Waals surface area contributed by atoms with E-state index in [1.807, 2.05) is 50.4 Å². The van der Waals surface area contributed by atoms with Crippen LogP contribution in [-0.4, -0.2) is 38.8 Å². The van der Waals surface area contributed by atoms with Crippen LogP contribution in [0, 0.1) is 6.92 Å². The first-order valence-electron chi connectivity index (χ1n) is 7.93. The van der Waals surface area contributed by atoms with E-state index in [4.69, 9.17) is 4.42 Å². The van der Waals surface area contributed by atoms with Crippen LogP contribution in [0.4, 0.5) is 0 Å². The van der Waals surface area contributed by atoms with Crippen LogP contribution in [0.15, 0.2) is 40.8 Å². The van der Waals surface area contributed by atoms with Gasteiger partial charge in [-0.15, -0.1) is 0 Å². The van der Waals surface area contributed by atoms with E-state index in [0.29, 0.717) is 12.3 Å². The Morgan fingerprint density at radius 2 is 2.08 bits per heavy atom. The Bertz CT molecular complexity index is 850. The third-order valence-corrected chi connectivity index (χ3v) is 4.02. The fourth-order valence-corrected chi connectivity index (χ4v) is 2.85. The molecule has 1 aromatic carbocycles. The molecule has 6 heteroatoms. The molecule has 0 fully saturated rings. The highest BCUT2D eigenvalue weighted by Gasteiger charge is 2.19. The third-order valence-electron chi connectivity index (χ3n) is 4.02. The Balaban J connectivity index is 1.79. The second-order valence-corrected chi connectivity index (χ2v) is 5.82. The predicted octanol–water partition coefficient (Wildman–Crippen LogP) is 2.04. The van der Waals surface area contributed by atoms with Crippen LogP contribution in [-0.2, 0) is 24.8 Å². The zero-order chi connectivity index (χ0) is 17.1. The first kappa shape index (κ1) is 16.3. The van der Waals surface area contributed by atoms with Gasteiger partial charge < -0.3 is 14.4 Å². The zero-order valence-corrected chi connectivity index (χ0v) is 13.9. The molecule has 126 valence electrons. The van der Waals surface area contributed by atoms with Crippen LogP contribution >= 0.6 is 0 Å². The standard InChI is InChI=1S/C18H21N3O3/c1-13-7-8-14(24-13)12-21(9-10-22)18(23)11-16-15-5-3-4-6-17(15)20(2)19-16/h3-8,22H,9-12H2,1-2H3. The van der Waals surface area contributed by atoms with Gasteiger partial charge in [-0.05, 0) is 25.1 Å². The van der Waals surface area contributed by atoms with E-state index in [1.54, 1.807) is 9.58 Å². The van der Waals surface area contributed by atoms with Crippen molar-refractivity contribution >= 4 is 16.8 Å². The maximum atomic E-state index is 12.7. The van der Waals surface area contributed by atoms with Gasteiger partial charge in [-0.1, -0.05) is 18.2 Å². The number of rotatable bonds is 6. The number of aliphatic hydroxyl groups is 1. The fraction of sp³-hybridized carbons (Fsp3) is 0.333. The van der Waals surface area contributed by atoms with Crippen LogP contribution in [0.1, 0.15) is 17.2 Å². The van der Waals surface area contributed by atoms with E-state index in [9.17, 15) is 9.90 Å². The minimum Gasteiger partial charge on any atom is -0.464 e. The van der Waals surface area contributed by atoms with Gasteiger partial charge in [0.15, 0.2) is 0 Å². The van der Waals surface area contributed by atoms with Gasteiger partial charge >= 0.3 is 0 Å². The Hall–Kier alpha value is -2.60. The minimum atomic E-state index is -0.0889. The molecule has 1 amide bonds. The van der Waals surface area contributed by atoms with E-state index in [-0.39, 0.29) is 25.5 Å². The predicted molar refractivity (Wildman–Crippen MR) is 90.4 cm³/mol. The summed E-state index contributed by atoms with van der Waals surface area (Å²) in [5.74, 6) is 1.43. The summed E-state index contributed by atoms with van der Waals surface area (Å²) in [6.45, 7) is 2.39. The molecule has 0 spiro atoms. The van der Waals surface area contributed by atoms with Gasteiger partial charge in [-0.25, -0.2) is 0 Å². The summed E-state index contributed by atoms with van der Waals surface area (Å²) in [5, 5.41) is 14.7. The summed E-state index contributed by atoms with van der Waals surface area (Å²) in [6, 6.07) is 11.6. The van der Waals surface area contributed by atoms with E-state index >= 15 is 0 Å². The number of aryl methyl sites for hydroxylation is 2. The van der Waals surface area contributed by atoms with Crippen molar-refractivity contribution in [1.82, 2.24) is 14.7 Å². The highest BCUT2D eigenvalue weighted by Crippen LogP contribution is 2.19. The molecule has 0 atom stereocenters. The van der Waals surface area contributed by atoms with Crippen LogP contribution in [0.3, 0.4) is 0 Å². The molecule has 0 aliphatic carbocycles. The second-order valence-electron chi connectivity index (χ2n) is 5.82. The smallest absolute Gasteiger partial charge is 0.229 e. The maximum Gasteiger partial charge on any atom is 0.229 e. The van der Waals surface area contributed by atoms with Crippen LogP contribution in [0.25, 0.3) is 10.9 Å². The molecule has 0 aliphatic rings. The molecule has 0 radical (unpaired) electrons. The molecule has 0 bridgehead atoms. The lowest BCUT2D eigenvalue weighted by molar-refractivity contribution is -0.131. The van der Waals surface area contributed by atoms with Gasteiger partial charge in [0.25, 0.3) is 0 Å². The number of aliphatic hydroxyl groups excluding tert-OH is 1. The molecule has 24 heavy (non-hydrogen) atoms. The first-order valence-corrected chi connectivity index (χ1v) is 7.93. The summed E-state index contributed by atoms with van der Waals surface area (Å²) in [5.41, 5.74) is 1.74. The van der Waals surface area contributed by atoms with Crippen molar-refractivity contribution in [2.75, 3.05) is 13.2 Å². The molecular weight excluding hydrogens is 306 g/mol. The molecule has 6 nitrogen and oxygen atoms in total. The van der Waals surface area contributed by atoms with E-state index < -0.39 is 0 Å². The van der Waals surface area contributed by atoms with Crippen LogP contribution in [0.2, 0.25) is 0 Å². The summed E-state index contributed by atoms with van der Waals surface area (Å²) in [6.07, 6.45) is 0.195. The van der Waals surface area contributed by atoms with Gasteiger partial charge in [-0.3, -0.25) is 9.48 Å². The van der Waals surface area contributed by atoms with E-state index in [2.05, 4.69) is 5.10 Å². The number of carbonyl (C=O) groups is 1. The quantitative estimate of drug-likeness (QED) is 0.752. The van der Waals surface area contributed by atoms with Crippen molar-refractivity contribution in [2.24, 2.45) is 7.05 Å². The maximum absolute atomic E-state index is 12.7. The zero-order valence-electron chi connectivity index (χ0n) is 13.9. The van der Waals surface area contributed by atoms with E-state index in [1.165, 1.54) is 0 Å². The average Bonchev–Trinajstić information content (AvgIpc) is 3.11. The SMILES string of the molecule is Cc1ccc(CN(CCO)C(=O)Cc2nn(C)c3ccccc23)o1. The number of aromatic nitrogens is 2. The molecule has 3 rings (SSSR count). The highest BCUT2D eigenvalue weighted by molar-refractivity contribution is 5.87. The lowest BCUT2D eigenvalue weighted by Crippen LogP contribution is -2.34. The number of hydrogen-bond acceptors (Lipinski definition) is 4. The number of carbonyl (C=O) groups excluding carboxylic acids is 1. The Kier molecular flexibility index (Phi) is 4.66. The molecule has 0 saturated heterocycles.